The number of halogens is 1. The van der Waals surface area contributed by atoms with Crippen molar-refractivity contribution in [3.05, 3.63) is 88.3 Å². The smallest absolute Gasteiger partial charge is 0.262 e. The van der Waals surface area contributed by atoms with E-state index < -0.39 is 15.9 Å². The first kappa shape index (κ1) is 19.7. The molecule has 1 aromatic heterocycles. The van der Waals surface area contributed by atoms with Crippen molar-refractivity contribution in [3.8, 4) is 0 Å². The molecule has 0 aliphatic carbocycles. The number of amides is 1. The van der Waals surface area contributed by atoms with Crippen LogP contribution in [0.3, 0.4) is 0 Å². The molecule has 1 amide bonds. The second kappa shape index (κ2) is 7.87. The van der Waals surface area contributed by atoms with Crippen LogP contribution < -0.4 is 14.8 Å². The van der Waals surface area contributed by atoms with Crippen molar-refractivity contribution < 1.29 is 17.9 Å². The number of rotatable bonds is 5. The van der Waals surface area contributed by atoms with Gasteiger partial charge in [0.15, 0.2) is 12.4 Å². The number of aryl methyl sites for hydroxylation is 1. The van der Waals surface area contributed by atoms with Crippen molar-refractivity contribution in [3.63, 3.8) is 0 Å². The summed E-state index contributed by atoms with van der Waals surface area (Å²) in [5.74, 6) is -0.462. The van der Waals surface area contributed by atoms with Gasteiger partial charge in [-0.1, -0.05) is 23.7 Å². The molecule has 9 heteroatoms. The number of pyridine rings is 1. The maximum atomic E-state index is 12.8. The van der Waals surface area contributed by atoms with E-state index in [2.05, 4.69) is 10.0 Å². The Kier molecular flexibility index (Phi) is 5.53. The SMILES string of the molecule is Cc1ccc(NC(=O)c2cc[n+]([O-])cc2)cc1S(=O)(=O)Nc1cccc(Cl)c1. The molecule has 0 fully saturated rings. The Labute approximate surface area is 167 Å². The second-order valence-electron chi connectivity index (χ2n) is 6.00. The van der Waals surface area contributed by atoms with Crippen LogP contribution in [0.5, 0.6) is 0 Å². The van der Waals surface area contributed by atoms with Crippen LogP contribution in [0, 0.1) is 12.1 Å². The molecule has 2 aromatic carbocycles. The molecule has 3 aromatic rings. The highest BCUT2D eigenvalue weighted by Crippen LogP contribution is 2.24. The summed E-state index contributed by atoms with van der Waals surface area (Å²) in [4.78, 5) is 12.3. The highest BCUT2D eigenvalue weighted by molar-refractivity contribution is 7.92. The number of sulfonamides is 1. The van der Waals surface area contributed by atoms with Gasteiger partial charge in [0.25, 0.3) is 15.9 Å². The van der Waals surface area contributed by atoms with E-state index in [0.717, 1.165) is 0 Å². The van der Waals surface area contributed by atoms with Gasteiger partial charge in [0, 0.05) is 22.8 Å². The van der Waals surface area contributed by atoms with E-state index in [9.17, 15) is 18.4 Å². The van der Waals surface area contributed by atoms with Gasteiger partial charge < -0.3 is 10.5 Å². The fourth-order valence-corrected chi connectivity index (χ4v) is 4.01. The van der Waals surface area contributed by atoms with Crippen molar-refractivity contribution in [2.75, 3.05) is 10.0 Å². The summed E-state index contributed by atoms with van der Waals surface area (Å²) in [6.45, 7) is 1.66. The van der Waals surface area contributed by atoms with Gasteiger partial charge in [-0.05, 0) is 42.8 Å². The van der Waals surface area contributed by atoms with Gasteiger partial charge in [0.1, 0.15) is 0 Å². The predicted octanol–water partition coefficient (Wildman–Crippen LogP) is 3.33. The molecule has 0 saturated heterocycles. The van der Waals surface area contributed by atoms with E-state index in [1.165, 1.54) is 36.7 Å². The molecule has 3 rings (SSSR count). The summed E-state index contributed by atoms with van der Waals surface area (Å²) in [5.41, 5.74) is 1.42. The molecule has 0 spiro atoms. The average molecular weight is 418 g/mol. The lowest BCUT2D eigenvalue weighted by Gasteiger charge is -2.13. The number of benzene rings is 2. The number of anilines is 2. The summed E-state index contributed by atoms with van der Waals surface area (Å²) < 4.78 is 28.6. The quantitative estimate of drug-likeness (QED) is 0.491. The molecule has 0 saturated carbocycles. The van der Waals surface area contributed by atoms with Crippen LogP contribution in [0.4, 0.5) is 11.4 Å². The van der Waals surface area contributed by atoms with Gasteiger partial charge in [0.05, 0.1) is 16.1 Å². The van der Waals surface area contributed by atoms with Gasteiger partial charge in [-0.2, -0.15) is 4.73 Å². The average Bonchev–Trinajstić information content (AvgIpc) is 2.63. The zero-order valence-electron chi connectivity index (χ0n) is 14.7. The topological polar surface area (TPSA) is 102 Å². The summed E-state index contributed by atoms with van der Waals surface area (Å²) in [6, 6.07) is 13.7. The van der Waals surface area contributed by atoms with Gasteiger partial charge in [-0.3, -0.25) is 9.52 Å². The highest BCUT2D eigenvalue weighted by atomic mass is 35.5. The standard InChI is InChI=1S/C19H16ClN3O4S/c1-13-5-6-16(21-19(24)14-7-9-23(25)10-8-14)12-18(13)28(26,27)22-17-4-2-3-15(20)11-17/h2-12,22H,1H3,(H,21,24). The minimum absolute atomic E-state index is 0.0238. The van der Waals surface area contributed by atoms with Crippen LogP contribution in [0.25, 0.3) is 0 Å². The lowest BCUT2D eigenvalue weighted by Crippen LogP contribution is -2.25. The Balaban J connectivity index is 1.86. The third-order valence-electron chi connectivity index (χ3n) is 3.88. The number of nitrogens with one attached hydrogen (secondary N) is 2. The van der Waals surface area contributed by atoms with Gasteiger partial charge in [-0.15, -0.1) is 0 Å². The zero-order chi connectivity index (χ0) is 20.3. The summed E-state index contributed by atoms with van der Waals surface area (Å²) in [5, 5.41) is 14.1. The molecule has 144 valence electrons. The summed E-state index contributed by atoms with van der Waals surface area (Å²) >= 11 is 5.90. The van der Waals surface area contributed by atoms with Crippen LogP contribution in [0.15, 0.2) is 71.9 Å². The Morgan fingerprint density at radius 1 is 1.04 bits per heavy atom. The Bertz CT molecular complexity index is 1130. The molecule has 0 unspecified atom stereocenters. The first-order chi connectivity index (χ1) is 13.2. The summed E-state index contributed by atoms with van der Waals surface area (Å²) in [7, 11) is -3.89. The molecule has 28 heavy (non-hydrogen) atoms. The lowest BCUT2D eigenvalue weighted by molar-refractivity contribution is -0.605. The molecule has 7 nitrogen and oxygen atoms in total. The van der Waals surface area contributed by atoms with Crippen molar-refractivity contribution in [1.82, 2.24) is 0 Å². The molecule has 0 atom stereocenters. The largest absolute Gasteiger partial charge is 0.619 e. The van der Waals surface area contributed by atoms with E-state index in [0.29, 0.717) is 26.7 Å². The predicted molar refractivity (Wildman–Crippen MR) is 107 cm³/mol. The van der Waals surface area contributed by atoms with Gasteiger partial charge in [-0.25, -0.2) is 8.42 Å². The minimum Gasteiger partial charge on any atom is -0.619 e. The first-order valence-electron chi connectivity index (χ1n) is 8.14. The van der Waals surface area contributed by atoms with Crippen LogP contribution in [0.2, 0.25) is 5.02 Å². The summed E-state index contributed by atoms with van der Waals surface area (Å²) in [6.07, 6.45) is 2.41. The fourth-order valence-electron chi connectivity index (χ4n) is 2.50. The van der Waals surface area contributed by atoms with Gasteiger partial charge in [0.2, 0.25) is 0 Å². The number of aromatic nitrogens is 1. The maximum absolute atomic E-state index is 12.8. The molecule has 0 aliphatic heterocycles. The van der Waals surface area contributed by atoms with Crippen molar-refractivity contribution in [1.29, 1.82) is 0 Å². The molecular formula is C19H16ClN3O4S. The zero-order valence-corrected chi connectivity index (χ0v) is 16.3. The minimum atomic E-state index is -3.89. The molecule has 0 aliphatic rings. The second-order valence-corrected chi connectivity index (χ2v) is 8.08. The lowest BCUT2D eigenvalue weighted by atomic mass is 10.2. The third-order valence-corrected chi connectivity index (χ3v) is 5.63. The van der Waals surface area contributed by atoms with Crippen molar-refractivity contribution in [2.24, 2.45) is 0 Å². The Morgan fingerprint density at radius 2 is 1.75 bits per heavy atom. The van der Waals surface area contributed by atoms with Crippen LogP contribution in [-0.4, -0.2) is 14.3 Å². The normalized spacial score (nSPS) is 11.1. The van der Waals surface area contributed by atoms with E-state index in [1.807, 2.05) is 0 Å². The van der Waals surface area contributed by atoms with Crippen molar-refractivity contribution >= 4 is 38.9 Å². The Hall–Kier alpha value is -3.10. The third kappa shape index (κ3) is 4.59. The molecular weight excluding hydrogens is 402 g/mol. The van der Waals surface area contributed by atoms with E-state index >= 15 is 0 Å². The van der Waals surface area contributed by atoms with E-state index in [1.54, 1.807) is 37.3 Å². The number of carbonyl (C=O) groups excluding carboxylic acids is 1. The van der Waals surface area contributed by atoms with E-state index in [4.69, 9.17) is 11.6 Å². The van der Waals surface area contributed by atoms with Crippen molar-refractivity contribution in [2.45, 2.75) is 11.8 Å². The van der Waals surface area contributed by atoms with Crippen LogP contribution in [0.1, 0.15) is 15.9 Å². The fraction of sp³-hybridized carbons (Fsp3) is 0.0526. The first-order valence-corrected chi connectivity index (χ1v) is 10.00. The molecule has 0 bridgehead atoms. The molecule has 0 radical (unpaired) electrons. The number of hydrogen-bond acceptors (Lipinski definition) is 4. The monoisotopic (exact) mass is 417 g/mol. The number of hydrogen-bond donors (Lipinski definition) is 2. The molecule has 2 N–H and O–H groups in total. The number of carbonyl (C=O) groups is 1. The van der Waals surface area contributed by atoms with Crippen LogP contribution in [-0.2, 0) is 10.0 Å². The highest BCUT2D eigenvalue weighted by Gasteiger charge is 2.19. The Morgan fingerprint density at radius 3 is 2.43 bits per heavy atom. The van der Waals surface area contributed by atoms with Crippen LogP contribution >= 0.6 is 11.6 Å². The molecule has 1 heterocycles. The van der Waals surface area contributed by atoms with Gasteiger partial charge >= 0.3 is 0 Å². The van der Waals surface area contributed by atoms with E-state index in [-0.39, 0.29) is 10.5 Å². The maximum Gasteiger partial charge on any atom is 0.262 e. The number of nitrogens with zero attached hydrogens (tertiary/aromatic N) is 1.